The van der Waals surface area contributed by atoms with E-state index in [4.69, 9.17) is 21.1 Å². The van der Waals surface area contributed by atoms with Gasteiger partial charge in [-0.15, -0.1) is 0 Å². The zero-order chi connectivity index (χ0) is 20.7. The van der Waals surface area contributed by atoms with Gasteiger partial charge in [-0.2, -0.15) is 0 Å². The van der Waals surface area contributed by atoms with E-state index in [2.05, 4.69) is 10.9 Å². The van der Waals surface area contributed by atoms with Crippen molar-refractivity contribution in [1.82, 2.24) is 10.9 Å². The van der Waals surface area contributed by atoms with Crippen molar-refractivity contribution in [1.29, 1.82) is 0 Å². The molecule has 0 fully saturated rings. The molecular weight excluding hydrogens is 380 g/mol. The third kappa shape index (κ3) is 6.16. The number of hydrogen-bond donors (Lipinski definition) is 2. The van der Waals surface area contributed by atoms with E-state index in [0.717, 1.165) is 16.7 Å². The Morgan fingerprint density at radius 1 is 0.964 bits per heavy atom. The topological polar surface area (TPSA) is 76.7 Å². The summed E-state index contributed by atoms with van der Waals surface area (Å²) >= 11 is 6.10. The molecule has 6 nitrogen and oxygen atoms in total. The number of carbonyl (C=O) groups excluding carboxylic acids is 2. The lowest BCUT2D eigenvalue weighted by Crippen LogP contribution is -2.45. The van der Waals surface area contributed by atoms with Crippen LogP contribution in [-0.4, -0.2) is 25.0 Å². The maximum absolute atomic E-state index is 11.9. The average molecular weight is 405 g/mol. The second-order valence-electron chi connectivity index (χ2n) is 6.74. The first kappa shape index (κ1) is 21.6. The third-order valence-electron chi connectivity index (χ3n) is 4.02. The van der Waals surface area contributed by atoms with Gasteiger partial charge in [-0.1, -0.05) is 43.6 Å². The van der Waals surface area contributed by atoms with Crippen LogP contribution in [0.3, 0.4) is 0 Å². The number of ether oxygens (including phenoxy) is 2. The summed E-state index contributed by atoms with van der Waals surface area (Å²) in [5.41, 5.74) is 7.35. The van der Waals surface area contributed by atoms with Gasteiger partial charge < -0.3 is 9.47 Å². The number of aryl methyl sites for hydroxylation is 2. The number of hydrogen-bond acceptors (Lipinski definition) is 4. The van der Waals surface area contributed by atoms with Crippen LogP contribution in [0.5, 0.6) is 11.5 Å². The number of hydrazine groups is 1. The largest absolute Gasteiger partial charge is 0.484 e. The Hall–Kier alpha value is -2.73. The van der Waals surface area contributed by atoms with Crippen LogP contribution in [0.1, 0.15) is 36.5 Å². The highest BCUT2D eigenvalue weighted by Gasteiger charge is 2.11. The molecule has 150 valence electrons. The number of nitrogens with one attached hydrogen (secondary N) is 2. The molecule has 0 spiro atoms. The summed E-state index contributed by atoms with van der Waals surface area (Å²) < 4.78 is 11.0. The summed E-state index contributed by atoms with van der Waals surface area (Å²) in [4.78, 5) is 23.8. The fraction of sp³-hybridized carbons (Fsp3) is 0.333. The molecule has 0 aliphatic heterocycles. The van der Waals surface area contributed by atoms with Crippen LogP contribution in [0.4, 0.5) is 0 Å². The lowest BCUT2D eigenvalue weighted by atomic mass is 10.0. The van der Waals surface area contributed by atoms with E-state index in [1.807, 2.05) is 52.0 Å². The molecule has 2 N–H and O–H groups in total. The summed E-state index contributed by atoms with van der Waals surface area (Å²) in [5.74, 6) is 0.507. The van der Waals surface area contributed by atoms with Crippen molar-refractivity contribution >= 4 is 23.4 Å². The van der Waals surface area contributed by atoms with Gasteiger partial charge >= 0.3 is 0 Å². The number of para-hydroxylation sites is 1. The summed E-state index contributed by atoms with van der Waals surface area (Å²) in [5, 5.41) is 0.670. The molecule has 2 rings (SSSR count). The van der Waals surface area contributed by atoms with Crippen molar-refractivity contribution in [2.75, 3.05) is 13.2 Å². The minimum absolute atomic E-state index is 0.208. The van der Waals surface area contributed by atoms with Crippen LogP contribution < -0.4 is 20.3 Å². The number of halogens is 1. The standard InChI is InChI=1S/C21H25ClN2O4/c1-13(2)17-7-5-6-8-18(17)28-12-20(26)24-23-19(25)11-27-16-9-14(3)21(22)15(4)10-16/h5-10,13H,11-12H2,1-4H3,(H,23,25)(H,24,26). The predicted octanol–water partition coefficient (Wildman–Crippen LogP) is 3.69. The van der Waals surface area contributed by atoms with Crippen LogP contribution in [0.2, 0.25) is 5.02 Å². The van der Waals surface area contributed by atoms with Crippen molar-refractivity contribution in [2.45, 2.75) is 33.6 Å². The zero-order valence-electron chi connectivity index (χ0n) is 16.5. The molecule has 0 saturated carbocycles. The van der Waals surface area contributed by atoms with Gasteiger partial charge in [0.2, 0.25) is 0 Å². The normalized spacial score (nSPS) is 10.5. The molecule has 0 saturated heterocycles. The monoisotopic (exact) mass is 404 g/mol. The van der Waals surface area contributed by atoms with Gasteiger partial charge in [-0.05, 0) is 54.7 Å². The maximum atomic E-state index is 11.9. The second kappa shape index (κ2) is 9.99. The Bertz CT molecular complexity index is 829. The lowest BCUT2D eigenvalue weighted by molar-refractivity contribution is -0.131. The summed E-state index contributed by atoms with van der Waals surface area (Å²) in [6.07, 6.45) is 0. The van der Waals surface area contributed by atoms with Crippen molar-refractivity contribution < 1.29 is 19.1 Å². The van der Waals surface area contributed by atoms with E-state index in [1.54, 1.807) is 12.1 Å². The smallest absolute Gasteiger partial charge is 0.276 e. The van der Waals surface area contributed by atoms with E-state index in [9.17, 15) is 9.59 Å². The second-order valence-corrected chi connectivity index (χ2v) is 7.12. The molecule has 0 aliphatic carbocycles. The first-order valence-electron chi connectivity index (χ1n) is 8.97. The predicted molar refractivity (Wildman–Crippen MR) is 109 cm³/mol. The van der Waals surface area contributed by atoms with Gasteiger partial charge in [-0.25, -0.2) is 0 Å². The van der Waals surface area contributed by atoms with Crippen LogP contribution in [0, 0.1) is 13.8 Å². The Balaban J connectivity index is 1.76. The number of amides is 2. The van der Waals surface area contributed by atoms with Crippen LogP contribution in [0.15, 0.2) is 36.4 Å². The van der Waals surface area contributed by atoms with Gasteiger partial charge in [0.1, 0.15) is 11.5 Å². The molecule has 28 heavy (non-hydrogen) atoms. The summed E-state index contributed by atoms with van der Waals surface area (Å²) in [7, 11) is 0. The van der Waals surface area contributed by atoms with Gasteiger partial charge in [-0.3, -0.25) is 20.4 Å². The van der Waals surface area contributed by atoms with Gasteiger partial charge in [0.15, 0.2) is 13.2 Å². The maximum Gasteiger partial charge on any atom is 0.276 e. The molecule has 2 aromatic rings. The fourth-order valence-electron chi connectivity index (χ4n) is 2.58. The molecule has 0 atom stereocenters. The Kier molecular flexibility index (Phi) is 7.70. The third-order valence-corrected chi connectivity index (χ3v) is 4.62. The van der Waals surface area contributed by atoms with Crippen molar-refractivity contribution in [3.8, 4) is 11.5 Å². The summed E-state index contributed by atoms with van der Waals surface area (Å²) in [6.45, 7) is 7.37. The van der Waals surface area contributed by atoms with Gasteiger partial charge in [0.05, 0.1) is 0 Å². The fourth-order valence-corrected chi connectivity index (χ4v) is 2.69. The Labute approximate surface area is 170 Å². The molecule has 2 amide bonds. The van der Waals surface area contributed by atoms with Crippen molar-refractivity contribution in [3.05, 3.63) is 58.1 Å². The Morgan fingerprint density at radius 2 is 1.50 bits per heavy atom. The van der Waals surface area contributed by atoms with Crippen LogP contribution >= 0.6 is 11.6 Å². The average Bonchev–Trinajstić information content (AvgIpc) is 2.67. The highest BCUT2D eigenvalue weighted by atomic mass is 35.5. The summed E-state index contributed by atoms with van der Waals surface area (Å²) in [6, 6.07) is 11.0. The number of benzene rings is 2. The van der Waals surface area contributed by atoms with Gasteiger partial charge in [0.25, 0.3) is 11.8 Å². The molecule has 0 aromatic heterocycles. The van der Waals surface area contributed by atoms with Crippen LogP contribution in [0.25, 0.3) is 0 Å². The van der Waals surface area contributed by atoms with E-state index in [-0.39, 0.29) is 19.1 Å². The number of carbonyl (C=O) groups is 2. The van der Waals surface area contributed by atoms with Crippen LogP contribution in [-0.2, 0) is 9.59 Å². The molecule has 0 radical (unpaired) electrons. The number of rotatable bonds is 7. The zero-order valence-corrected chi connectivity index (χ0v) is 17.2. The minimum Gasteiger partial charge on any atom is -0.484 e. The molecule has 0 aliphatic rings. The highest BCUT2D eigenvalue weighted by molar-refractivity contribution is 6.32. The minimum atomic E-state index is -0.485. The van der Waals surface area contributed by atoms with Crippen molar-refractivity contribution in [3.63, 3.8) is 0 Å². The highest BCUT2D eigenvalue weighted by Crippen LogP contribution is 2.26. The molecule has 0 unspecified atom stereocenters. The first-order valence-corrected chi connectivity index (χ1v) is 9.34. The molecule has 0 bridgehead atoms. The van der Waals surface area contributed by atoms with Crippen molar-refractivity contribution in [2.24, 2.45) is 0 Å². The lowest BCUT2D eigenvalue weighted by Gasteiger charge is -2.14. The SMILES string of the molecule is Cc1cc(OCC(=O)NNC(=O)COc2ccccc2C(C)C)cc(C)c1Cl. The van der Waals surface area contributed by atoms with E-state index in [0.29, 0.717) is 16.5 Å². The van der Waals surface area contributed by atoms with Gasteiger partial charge in [0, 0.05) is 5.02 Å². The molecule has 2 aromatic carbocycles. The Morgan fingerprint density at radius 3 is 2.07 bits per heavy atom. The van der Waals surface area contributed by atoms with E-state index >= 15 is 0 Å². The van der Waals surface area contributed by atoms with E-state index in [1.165, 1.54) is 0 Å². The first-order chi connectivity index (χ1) is 13.3. The molecule has 0 heterocycles. The quantitative estimate of drug-likeness (QED) is 0.690. The molecular formula is C21H25ClN2O4. The molecule has 7 heteroatoms. The van der Waals surface area contributed by atoms with E-state index < -0.39 is 11.8 Å².